The summed E-state index contributed by atoms with van der Waals surface area (Å²) in [4.78, 5) is 21.3. The molecule has 0 aliphatic heterocycles. The highest BCUT2D eigenvalue weighted by molar-refractivity contribution is 9.10. The molecule has 8 heteroatoms. The number of nitrogens with zero attached hydrogens (tertiary/aromatic N) is 1. The van der Waals surface area contributed by atoms with Crippen molar-refractivity contribution in [3.63, 3.8) is 0 Å². The van der Waals surface area contributed by atoms with Gasteiger partial charge in [0, 0.05) is 0 Å². The smallest absolute Gasteiger partial charge is 0.344 e. The number of halogens is 2. The molecule has 0 aliphatic carbocycles. The Balaban J connectivity index is 2.89. The highest BCUT2D eigenvalue weighted by Gasteiger charge is 2.21. The van der Waals surface area contributed by atoms with E-state index in [9.17, 15) is 19.3 Å². The molecule has 104 valence electrons. The molecule has 0 N–H and O–H groups in total. The maximum absolute atomic E-state index is 13.1. The molecule has 0 aliphatic rings. The van der Waals surface area contributed by atoms with Gasteiger partial charge in [0.25, 0.3) is 0 Å². The summed E-state index contributed by atoms with van der Waals surface area (Å²) in [5.41, 5.74) is -0.566. The Bertz CT molecular complexity index is 506. The average molecular weight is 336 g/mol. The third-order valence-electron chi connectivity index (χ3n) is 1.89. The van der Waals surface area contributed by atoms with E-state index in [1.807, 2.05) is 0 Å². The Labute approximate surface area is 116 Å². The lowest BCUT2D eigenvalue weighted by Gasteiger charge is -2.10. The molecule has 1 aromatic carbocycles. The van der Waals surface area contributed by atoms with Gasteiger partial charge in [-0.05, 0) is 35.8 Å². The third kappa shape index (κ3) is 4.47. The summed E-state index contributed by atoms with van der Waals surface area (Å²) in [5, 5.41) is 10.8. The number of esters is 1. The number of carbonyl (C=O) groups excluding carboxylic acids is 1. The van der Waals surface area contributed by atoms with Crippen molar-refractivity contribution in [3.8, 4) is 5.75 Å². The number of hydrogen-bond acceptors (Lipinski definition) is 5. The lowest BCUT2D eigenvalue weighted by molar-refractivity contribution is -0.386. The molecule has 1 aromatic rings. The van der Waals surface area contributed by atoms with E-state index in [0.717, 1.165) is 6.07 Å². The Morgan fingerprint density at radius 3 is 2.68 bits per heavy atom. The van der Waals surface area contributed by atoms with Gasteiger partial charge in [-0.2, -0.15) is 0 Å². The van der Waals surface area contributed by atoms with Gasteiger partial charge in [-0.3, -0.25) is 10.1 Å². The Hall–Kier alpha value is -1.70. The first-order valence-electron chi connectivity index (χ1n) is 5.27. The zero-order valence-corrected chi connectivity index (χ0v) is 11.8. The Morgan fingerprint density at radius 1 is 1.53 bits per heavy atom. The number of carbonyl (C=O) groups is 1. The van der Waals surface area contributed by atoms with Crippen LogP contribution in [0.5, 0.6) is 5.75 Å². The molecule has 0 atom stereocenters. The third-order valence-corrected chi connectivity index (χ3v) is 2.48. The molecule has 0 bridgehead atoms. The van der Waals surface area contributed by atoms with E-state index in [0.29, 0.717) is 6.07 Å². The SMILES string of the molecule is CC(C)OC(=O)COc1c(Br)cc(F)cc1[N+](=O)[O-]. The van der Waals surface area contributed by atoms with Gasteiger partial charge in [0.2, 0.25) is 5.75 Å². The number of rotatable bonds is 5. The topological polar surface area (TPSA) is 78.7 Å². The first-order chi connectivity index (χ1) is 8.81. The molecule has 19 heavy (non-hydrogen) atoms. The minimum absolute atomic E-state index is 0.0524. The van der Waals surface area contributed by atoms with Crippen LogP contribution in [0.15, 0.2) is 16.6 Å². The fourth-order valence-electron chi connectivity index (χ4n) is 1.25. The minimum Gasteiger partial charge on any atom is -0.474 e. The summed E-state index contributed by atoms with van der Waals surface area (Å²) < 4.78 is 22.9. The molecule has 6 nitrogen and oxygen atoms in total. The van der Waals surface area contributed by atoms with Crippen LogP contribution in [0.25, 0.3) is 0 Å². The standard InChI is InChI=1S/C11H11BrFNO5/c1-6(2)19-10(15)5-18-11-8(12)3-7(13)4-9(11)14(16)17/h3-4,6H,5H2,1-2H3. The molecule has 0 aromatic heterocycles. The molecular formula is C11H11BrFNO5. The van der Waals surface area contributed by atoms with Crippen LogP contribution in [-0.2, 0) is 9.53 Å². The van der Waals surface area contributed by atoms with Crippen molar-refractivity contribution >= 4 is 27.6 Å². The predicted molar refractivity (Wildman–Crippen MR) is 67.5 cm³/mol. The highest BCUT2D eigenvalue weighted by atomic mass is 79.9. The van der Waals surface area contributed by atoms with Gasteiger partial charge in [0.05, 0.1) is 21.6 Å². The van der Waals surface area contributed by atoms with Crippen molar-refractivity contribution < 1.29 is 23.6 Å². The van der Waals surface area contributed by atoms with Crippen LogP contribution in [0.4, 0.5) is 10.1 Å². The lowest BCUT2D eigenvalue weighted by Crippen LogP contribution is -2.19. The number of nitro groups is 1. The van der Waals surface area contributed by atoms with Crippen LogP contribution < -0.4 is 4.74 Å². The van der Waals surface area contributed by atoms with Crippen LogP contribution in [-0.4, -0.2) is 23.6 Å². The van der Waals surface area contributed by atoms with Crippen molar-refractivity contribution in [1.29, 1.82) is 0 Å². The van der Waals surface area contributed by atoms with Gasteiger partial charge in [-0.1, -0.05) is 0 Å². The first kappa shape index (κ1) is 15.4. The van der Waals surface area contributed by atoms with E-state index in [1.165, 1.54) is 0 Å². The molecule has 0 saturated heterocycles. The minimum atomic E-state index is -0.795. The normalized spacial score (nSPS) is 10.4. The molecule has 0 amide bonds. The average Bonchev–Trinajstić information content (AvgIpc) is 2.25. The van der Waals surface area contributed by atoms with Gasteiger partial charge in [0.15, 0.2) is 6.61 Å². The Morgan fingerprint density at radius 2 is 2.16 bits per heavy atom. The fraction of sp³-hybridized carbons (Fsp3) is 0.364. The van der Waals surface area contributed by atoms with E-state index >= 15 is 0 Å². The van der Waals surface area contributed by atoms with E-state index in [4.69, 9.17) is 9.47 Å². The molecular weight excluding hydrogens is 325 g/mol. The van der Waals surface area contributed by atoms with Crippen LogP contribution in [0.3, 0.4) is 0 Å². The molecule has 0 fully saturated rings. The lowest BCUT2D eigenvalue weighted by atomic mass is 10.3. The second-order valence-corrected chi connectivity index (χ2v) is 4.67. The van der Waals surface area contributed by atoms with Crippen molar-refractivity contribution in [1.82, 2.24) is 0 Å². The Kier molecular flexibility index (Phi) is 5.22. The van der Waals surface area contributed by atoms with Gasteiger partial charge in [-0.15, -0.1) is 0 Å². The van der Waals surface area contributed by atoms with Crippen molar-refractivity contribution in [2.24, 2.45) is 0 Å². The van der Waals surface area contributed by atoms with Crippen LogP contribution in [0.2, 0.25) is 0 Å². The van der Waals surface area contributed by atoms with Gasteiger partial charge < -0.3 is 9.47 Å². The van der Waals surface area contributed by atoms with Crippen molar-refractivity contribution in [2.75, 3.05) is 6.61 Å². The zero-order chi connectivity index (χ0) is 14.6. The zero-order valence-electron chi connectivity index (χ0n) is 10.2. The van der Waals surface area contributed by atoms with Gasteiger partial charge in [-0.25, -0.2) is 9.18 Å². The summed E-state index contributed by atoms with van der Waals surface area (Å²) in [7, 11) is 0. The molecule has 0 spiro atoms. The van der Waals surface area contributed by atoms with Crippen molar-refractivity contribution in [3.05, 3.63) is 32.5 Å². The van der Waals surface area contributed by atoms with E-state index in [1.54, 1.807) is 13.8 Å². The summed E-state index contributed by atoms with van der Waals surface area (Å²) in [6.07, 6.45) is -0.317. The predicted octanol–water partition coefficient (Wildman–Crippen LogP) is 2.83. The maximum atomic E-state index is 13.1. The second kappa shape index (κ2) is 6.46. The molecule has 0 heterocycles. The van der Waals surface area contributed by atoms with Gasteiger partial charge in [0.1, 0.15) is 5.82 Å². The molecule has 1 rings (SSSR count). The maximum Gasteiger partial charge on any atom is 0.344 e. The van der Waals surface area contributed by atoms with Crippen molar-refractivity contribution in [2.45, 2.75) is 20.0 Å². The van der Waals surface area contributed by atoms with Gasteiger partial charge >= 0.3 is 11.7 Å². The first-order valence-corrected chi connectivity index (χ1v) is 6.06. The van der Waals surface area contributed by atoms with Crippen LogP contribution >= 0.6 is 15.9 Å². The summed E-state index contributed by atoms with van der Waals surface area (Å²) in [6.45, 7) is 2.82. The van der Waals surface area contributed by atoms with Crippen LogP contribution in [0, 0.1) is 15.9 Å². The second-order valence-electron chi connectivity index (χ2n) is 3.82. The summed E-state index contributed by atoms with van der Waals surface area (Å²) in [6, 6.07) is 1.73. The number of nitro benzene ring substituents is 1. The highest BCUT2D eigenvalue weighted by Crippen LogP contribution is 2.35. The molecule has 0 saturated carbocycles. The quantitative estimate of drug-likeness (QED) is 0.469. The summed E-state index contributed by atoms with van der Waals surface area (Å²) in [5.74, 6) is -1.66. The molecule has 0 radical (unpaired) electrons. The number of hydrogen-bond donors (Lipinski definition) is 0. The van der Waals surface area contributed by atoms with E-state index in [-0.39, 0.29) is 16.3 Å². The largest absolute Gasteiger partial charge is 0.474 e. The molecule has 0 unspecified atom stereocenters. The number of benzene rings is 1. The van der Waals surface area contributed by atoms with E-state index in [2.05, 4.69) is 15.9 Å². The van der Waals surface area contributed by atoms with E-state index < -0.39 is 29.0 Å². The monoisotopic (exact) mass is 335 g/mol. The fourth-order valence-corrected chi connectivity index (χ4v) is 1.79. The van der Waals surface area contributed by atoms with Crippen LogP contribution in [0.1, 0.15) is 13.8 Å². The summed E-state index contributed by atoms with van der Waals surface area (Å²) >= 11 is 2.95. The number of ether oxygens (including phenoxy) is 2.